The first-order valence-corrected chi connectivity index (χ1v) is 10.3. The highest BCUT2D eigenvalue weighted by Crippen LogP contribution is 2.32. The summed E-state index contributed by atoms with van der Waals surface area (Å²) in [5.41, 5.74) is 0.711. The summed E-state index contributed by atoms with van der Waals surface area (Å²) in [4.78, 5) is 32.4. The minimum atomic E-state index is -0.394. The van der Waals surface area contributed by atoms with Crippen molar-refractivity contribution in [3.63, 3.8) is 0 Å². The van der Waals surface area contributed by atoms with Crippen LogP contribution < -0.4 is 36.0 Å². The average molecular weight is 435 g/mol. The van der Waals surface area contributed by atoms with Crippen LogP contribution in [0.5, 0.6) is 17.2 Å². The number of aromatic nitrogens is 2. The third kappa shape index (κ3) is 5.28. The molecule has 0 fully saturated rings. The molecule has 0 aliphatic carbocycles. The van der Waals surface area contributed by atoms with E-state index >= 15 is 0 Å². The monoisotopic (exact) mass is 435 g/mol. The molecule has 0 unspecified atom stereocenters. The highest BCUT2D eigenvalue weighted by molar-refractivity contribution is 5.56. The molecule has 1 aliphatic rings. The molecule has 0 saturated heterocycles. The number of rotatable bonds is 7. The molecule has 1 aromatic heterocycles. The van der Waals surface area contributed by atoms with Crippen LogP contribution in [0.4, 0.5) is 0 Å². The molecule has 8 heteroatoms. The van der Waals surface area contributed by atoms with E-state index in [0.717, 1.165) is 24.3 Å². The Kier molecular flexibility index (Phi) is 6.42. The number of benzene rings is 2. The summed E-state index contributed by atoms with van der Waals surface area (Å²) in [6.45, 7) is 1.77. The van der Waals surface area contributed by atoms with Gasteiger partial charge in [0, 0.05) is 6.54 Å². The Labute approximate surface area is 184 Å². The minimum Gasteiger partial charge on any atom is -0.494 e. The lowest BCUT2D eigenvalue weighted by Gasteiger charge is -2.10. The van der Waals surface area contributed by atoms with Crippen LogP contribution in [0, 0.1) is 0 Å². The molecule has 0 atom stereocenters. The predicted molar refractivity (Wildman–Crippen MR) is 122 cm³/mol. The normalized spacial score (nSPS) is 13.7. The molecule has 0 saturated carbocycles. The maximum atomic E-state index is 12.5. The van der Waals surface area contributed by atoms with Gasteiger partial charge in [-0.2, -0.15) is 0 Å². The van der Waals surface area contributed by atoms with Crippen molar-refractivity contribution in [2.24, 2.45) is 0 Å². The summed E-state index contributed by atoms with van der Waals surface area (Å²) in [5, 5.41) is 0.338. The summed E-state index contributed by atoms with van der Waals surface area (Å²) < 4.78 is 16.3. The van der Waals surface area contributed by atoms with E-state index < -0.39 is 5.56 Å². The largest absolute Gasteiger partial charge is 0.494 e. The van der Waals surface area contributed by atoms with Crippen molar-refractivity contribution in [3.8, 4) is 17.2 Å². The molecule has 0 spiro atoms. The molecular formula is C24H25N3O5. The Balaban J connectivity index is 1.53. The summed E-state index contributed by atoms with van der Waals surface area (Å²) >= 11 is 0. The van der Waals surface area contributed by atoms with Crippen LogP contribution >= 0.6 is 0 Å². The molecule has 2 aromatic carbocycles. The van der Waals surface area contributed by atoms with Crippen molar-refractivity contribution in [1.82, 2.24) is 14.9 Å². The molecule has 0 bridgehead atoms. The third-order valence-corrected chi connectivity index (χ3v) is 4.90. The van der Waals surface area contributed by atoms with Gasteiger partial charge >= 0.3 is 0 Å². The van der Waals surface area contributed by atoms with E-state index in [2.05, 4.69) is 14.9 Å². The number of hydrogen-bond donors (Lipinski definition) is 2. The molecule has 2 N–H and O–H groups in total. The van der Waals surface area contributed by atoms with Crippen LogP contribution in [0.1, 0.15) is 17.5 Å². The molecule has 8 nitrogen and oxygen atoms in total. The van der Waals surface area contributed by atoms with E-state index in [0.29, 0.717) is 23.7 Å². The second kappa shape index (κ2) is 9.57. The van der Waals surface area contributed by atoms with Gasteiger partial charge in [-0.3, -0.25) is 9.59 Å². The van der Waals surface area contributed by atoms with Crippen LogP contribution in [0.25, 0.3) is 12.2 Å². The summed E-state index contributed by atoms with van der Waals surface area (Å²) in [6, 6.07) is 12.7. The molecule has 32 heavy (non-hydrogen) atoms. The van der Waals surface area contributed by atoms with Crippen molar-refractivity contribution in [2.45, 2.75) is 6.42 Å². The first-order valence-electron chi connectivity index (χ1n) is 10.3. The zero-order valence-corrected chi connectivity index (χ0v) is 18.0. The van der Waals surface area contributed by atoms with Gasteiger partial charge in [0.2, 0.25) is 6.79 Å². The molecule has 2 heterocycles. The Hall–Kier alpha value is -3.78. The van der Waals surface area contributed by atoms with Crippen LogP contribution in [-0.4, -0.2) is 48.9 Å². The Morgan fingerprint density at radius 1 is 0.906 bits per heavy atom. The maximum Gasteiger partial charge on any atom is 0.272 e. The lowest BCUT2D eigenvalue weighted by molar-refractivity contribution is 0.174. The minimum absolute atomic E-state index is 0.160. The zero-order valence-electron chi connectivity index (χ0n) is 18.0. The van der Waals surface area contributed by atoms with Crippen molar-refractivity contribution >= 4 is 12.2 Å². The van der Waals surface area contributed by atoms with Crippen LogP contribution in [-0.2, 0) is 0 Å². The van der Waals surface area contributed by atoms with Crippen molar-refractivity contribution < 1.29 is 14.2 Å². The van der Waals surface area contributed by atoms with E-state index in [1.165, 1.54) is 0 Å². The topological polar surface area (TPSA) is 96.7 Å². The highest BCUT2D eigenvalue weighted by Gasteiger charge is 2.12. The van der Waals surface area contributed by atoms with Gasteiger partial charge < -0.3 is 29.1 Å². The number of aromatic amines is 2. The summed E-state index contributed by atoms with van der Waals surface area (Å²) in [5.74, 6) is 2.02. The summed E-state index contributed by atoms with van der Waals surface area (Å²) in [6.07, 6.45) is 4.15. The van der Waals surface area contributed by atoms with E-state index in [1.54, 1.807) is 30.4 Å². The second-order valence-electron chi connectivity index (χ2n) is 7.71. The van der Waals surface area contributed by atoms with Gasteiger partial charge in [0.05, 0.1) is 6.61 Å². The van der Waals surface area contributed by atoms with Crippen LogP contribution in [0.3, 0.4) is 0 Å². The third-order valence-electron chi connectivity index (χ3n) is 4.90. The fourth-order valence-electron chi connectivity index (χ4n) is 3.26. The van der Waals surface area contributed by atoms with Crippen molar-refractivity contribution in [2.75, 3.05) is 34.0 Å². The van der Waals surface area contributed by atoms with Gasteiger partial charge in [0.15, 0.2) is 11.5 Å². The maximum absolute atomic E-state index is 12.5. The van der Waals surface area contributed by atoms with Gasteiger partial charge in [-0.1, -0.05) is 18.2 Å². The molecule has 3 aromatic rings. The lowest BCUT2D eigenvalue weighted by Crippen LogP contribution is -2.46. The number of nitrogens with one attached hydrogen (secondary N) is 2. The van der Waals surface area contributed by atoms with Crippen LogP contribution in [0.2, 0.25) is 0 Å². The Bertz CT molecular complexity index is 1320. The van der Waals surface area contributed by atoms with Gasteiger partial charge in [-0.25, -0.2) is 0 Å². The number of hydrogen-bond acceptors (Lipinski definition) is 6. The Morgan fingerprint density at radius 2 is 1.53 bits per heavy atom. The van der Waals surface area contributed by atoms with Gasteiger partial charge in [-0.15, -0.1) is 0 Å². The molecular weight excluding hydrogens is 410 g/mol. The van der Waals surface area contributed by atoms with E-state index in [1.807, 2.05) is 38.4 Å². The fourth-order valence-corrected chi connectivity index (χ4v) is 3.26. The molecule has 166 valence electrons. The van der Waals surface area contributed by atoms with Crippen molar-refractivity contribution in [1.29, 1.82) is 0 Å². The SMILES string of the molecule is CN(C)CCCOc1ccc(/C=c2\[nH]c(=O)/c(=C/c3ccc4c(c3)OCO4)[nH]c2=O)cc1. The van der Waals surface area contributed by atoms with E-state index in [-0.39, 0.29) is 23.1 Å². The first kappa shape index (κ1) is 21.5. The van der Waals surface area contributed by atoms with Crippen LogP contribution in [0.15, 0.2) is 52.1 Å². The number of ether oxygens (including phenoxy) is 3. The number of fused-ring (bicyclic) bond motifs is 1. The smallest absolute Gasteiger partial charge is 0.272 e. The second-order valence-corrected chi connectivity index (χ2v) is 7.71. The number of H-pyrrole nitrogens is 2. The van der Waals surface area contributed by atoms with E-state index in [9.17, 15) is 9.59 Å². The molecule has 4 rings (SSSR count). The van der Waals surface area contributed by atoms with Gasteiger partial charge in [0.1, 0.15) is 16.4 Å². The van der Waals surface area contributed by atoms with E-state index in [4.69, 9.17) is 14.2 Å². The zero-order chi connectivity index (χ0) is 22.5. The molecule has 0 radical (unpaired) electrons. The average Bonchev–Trinajstić information content (AvgIpc) is 3.23. The quantitative estimate of drug-likeness (QED) is 0.533. The predicted octanol–water partition coefficient (Wildman–Crippen LogP) is 0.780. The number of nitrogens with zero attached hydrogens (tertiary/aromatic N) is 1. The lowest BCUT2D eigenvalue weighted by atomic mass is 10.2. The van der Waals surface area contributed by atoms with Gasteiger partial charge in [0.25, 0.3) is 11.1 Å². The standard InChI is InChI=1S/C24H25N3O5/c1-27(2)10-3-11-30-18-7-4-16(5-8-18)12-19-23(28)26-20(24(29)25-19)13-17-6-9-21-22(14-17)32-15-31-21/h4-9,12-14H,3,10-11,15H2,1-2H3,(H,25,29)(H,26,28)/b19-12-,20-13-. The highest BCUT2D eigenvalue weighted by atomic mass is 16.7. The fraction of sp³-hybridized carbons (Fsp3) is 0.250. The van der Waals surface area contributed by atoms with Gasteiger partial charge in [-0.05, 0) is 68.1 Å². The van der Waals surface area contributed by atoms with Crippen molar-refractivity contribution in [3.05, 3.63) is 85.0 Å². The molecule has 0 amide bonds. The first-order chi connectivity index (χ1) is 15.5. The summed E-state index contributed by atoms with van der Waals surface area (Å²) in [7, 11) is 4.05. The molecule has 1 aliphatic heterocycles. The Morgan fingerprint density at radius 3 is 2.22 bits per heavy atom.